The molecule has 37 heavy (non-hydrogen) atoms. The zero-order valence-electron chi connectivity index (χ0n) is 17.2. The van der Waals surface area contributed by atoms with Crippen molar-refractivity contribution in [1.29, 1.82) is 0 Å². The van der Waals surface area contributed by atoms with E-state index in [1.165, 1.54) is 0 Å². The van der Waals surface area contributed by atoms with Gasteiger partial charge in [-0.2, -0.15) is 61.5 Å². The van der Waals surface area contributed by atoms with Crippen LogP contribution < -0.4 is 5.32 Å². The summed E-state index contributed by atoms with van der Waals surface area (Å²) in [6.07, 6.45) is -5.95. The Morgan fingerprint density at radius 3 is 1.43 bits per heavy atom. The minimum absolute atomic E-state index is 0.368. The van der Waals surface area contributed by atoms with Gasteiger partial charge in [0.05, 0.1) is 12.7 Å². The van der Waals surface area contributed by atoms with E-state index < -0.39 is 65.4 Å². The van der Waals surface area contributed by atoms with Crippen LogP contribution in [-0.4, -0.2) is 66.9 Å². The highest BCUT2D eigenvalue weighted by molar-refractivity contribution is 5.97. The third kappa shape index (κ3) is 4.62. The van der Waals surface area contributed by atoms with E-state index >= 15 is 0 Å². The van der Waals surface area contributed by atoms with Crippen LogP contribution in [0.3, 0.4) is 0 Å². The normalized spacial score (nSPS) is 14.5. The quantitative estimate of drug-likeness (QED) is 0.269. The number of methoxy groups -OCH3 is 1. The molecule has 0 aliphatic heterocycles. The van der Waals surface area contributed by atoms with Crippen molar-refractivity contribution in [2.45, 2.75) is 47.9 Å². The van der Waals surface area contributed by atoms with Crippen LogP contribution in [0.15, 0.2) is 24.3 Å². The average Bonchev–Trinajstić information content (AvgIpc) is 2.77. The largest absolute Gasteiger partial charge is 0.465 e. The summed E-state index contributed by atoms with van der Waals surface area (Å²) in [5, 5.41) is 0.750. The molecule has 0 aromatic heterocycles. The number of amides is 1. The van der Waals surface area contributed by atoms with E-state index in [0.717, 1.165) is 12.4 Å². The fourth-order valence-electron chi connectivity index (χ4n) is 2.29. The maximum absolute atomic E-state index is 13.9. The number of benzene rings is 1. The molecule has 1 rings (SSSR count). The molecule has 0 aliphatic carbocycles. The Balaban J connectivity index is 3.47. The summed E-state index contributed by atoms with van der Waals surface area (Å²) in [5.74, 6) is -61.3. The highest BCUT2D eigenvalue weighted by Crippen LogP contribution is 2.62. The van der Waals surface area contributed by atoms with Crippen molar-refractivity contribution in [3.63, 3.8) is 0 Å². The van der Waals surface area contributed by atoms with Crippen LogP contribution in [0.2, 0.25) is 0 Å². The Morgan fingerprint density at radius 1 is 0.676 bits per heavy atom. The molecule has 0 heterocycles. The van der Waals surface area contributed by atoms with Gasteiger partial charge in [0.1, 0.15) is 0 Å². The first-order valence-corrected chi connectivity index (χ1v) is 8.71. The van der Waals surface area contributed by atoms with Crippen LogP contribution in [0.5, 0.6) is 0 Å². The Kier molecular flexibility index (Phi) is 8.16. The van der Waals surface area contributed by atoms with Gasteiger partial charge in [-0.3, -0.25) is 4.79 Å². The molecule has 1 amide bonds. The van der Waals surface area contributed by atoms with Crippen molar-refractivity contribution in [1.82, 2.24) is 0 Å². The van der Waals surface area contributed by atoms with E-state index in [1.807, 2.05) is 0 Å². The minimum atomic E-state index is -8.60. The van der Waals surface area contributed by atoms with Crippen molar-refractivity contribution in [3.05, 3.63) is 29.8 Å². The molecule has 0 saturated carbocycles. The standard InChI is InChI=1S/C17H9F16NO3/c1-37-8(35)6-2-4-7(5-3-6)34-10(36)12(22,23)14(26,27)16(30,31)17(32,33)15(28,29)13(24,25)11(20,21)9(18)19/h2-5,9H,1H3,(H,34,36). The van der Waals surface area contributed by atoms with Crippen molar-refractivity contribution >= 4 is 17.6 Å². The number of esters is 1. The molecule has 0 radical (unpaired) electrons. The van der Waals surface area contributed by atoms with Gasteiger partial charge in [-0.25, -0.2) is 13.6 Å². The molecule has 0 fully saturated rings. The van der Waals surface area contributed by atoms with Gasteiger partial charge in [0, 0.05) is 5.69 Å². The highest BCUT2D eigenvalue weighted by Gasteiger charge is 2.94. The molecule has 1 N–H and O–H groups in total. The summed E-state index contributed by atoms with van der Waals surface area (Å²) in [6, 6.07) is 2.25. The van der Waals surface area contributed by atoms with Crippen LogP contribution in [0.4, 0.5) is 75.9 Å². The number of halogens is 16. The second-order valence-corrected chi connectivity index (χ2v) is 6.89. The first-order chi connectivity index (χ1) is 16.3. The Hall–Kier alpha value is -2.96. The van der Waals surface area contributed by atoms with Crippen molar-refractivity contribution in [2.75, 3.05) is 12.4 Å². The molecule has 0 atom stereocenters. The lowest BCUT2D eigenvalue weighted by atomic mass is 9.89. The number of carbonyl (C=O) groups excluding carboxylic acids is 2. The lowest BCUT2D eigenvalue weighted by Gasteiger charge is -2.42. The predicted octanol–water partition coefficient (Wildman–Crippen LogP) is 6.12. The van der Waals surface area contributed by atoms with Gasteiger partial charge in [0.2, 0.25) is 0 Å². The van der Waals surface area contributed by atoms with Gasteiger partial charge in [-0.05, 0) is 24.3 Å². The lowest BCUT2D eigenvalue weighted by Crippen LogP contribution is -2.74. The number of ether oxygens (including phenoxy) is 1. The van der Waals surface area contributed by atoms with Crippen LogP contribution in [0, 0.1) is 0 Å². The van der Waals surface area contributed by atoms with E-state index in [-0.39, 0.29) is 5.56 Å². The fraction of sp³-hybridized carbons (Fsp3) is 0.529. The van der Waals surface area contributed by atoms with Crippen molar-refractivity contribution in [3.8, 4) is 0 Å². The SMILES string of the molecule is COC(=O)c1ccc(NC(=O)C(F)(F)C(F)(F)C(F)(F)C(F)(F)C(F)(F)C(F)(F)C(F)(F)C(F)F)cc1. The van der Waals surface area contributed by atoms with E-state index in [0.29, 0.717) is 24.3 Å². The minimum Gasteiger partial charge on any atom is -0.465 e. The molecule has 4 nitrogen and oxygen atoms in total. The van der Waals surface area contributed by atoms with E-state index in [9.17, 15) is 79.8 Å². The molecular formula is C17H9F16NO3. The number of anilines is 1. The average molecular weight is 579 g/mol. The van der Waals surface area contributed by atoms with Gasteiger partial charge >= 0.3 is 59.8 Å². The number of alkyl halides is 16. The summed E-state index contributed by atoms with van der Waals surface area (Å²) in [6.45, 7) is 0. The molecule has 0 bridgehead atoms. The van der Waals surface area contributed by atoms with Gasteiger partial charge in [-0.15, -0.1) is 0 Å². The summed E-state index contributed by atoms with van der Waals surface area (Å²) in [7, 11) is 0.866. The van der Waals surface area contributed by atoms with Crippen LogP contribution in [-0.2, 0) is 9.53 Å². The zero-order chi connectivity index (χ0) is 29.6. The summed E-state index contributed by atoms with van der Waals surface area (Å²) < 4.78 is 217. The topological polar surface area (TPSA) is 55.4 Å². The second kappa shape index (κ2) is 9.41. The summed E-state index contributed by atoms with van der Waals surface area (Å²) in [5.41, 5.74) is -1.40. The second-order valence-electron chi connectivity index (χ2n) is 6.89. The molecular weight excluding hydrogens is 570 g/mol. The van der Waals surface area contributed by atoms with Crippen LogP contribution >= 0.6 is 0 Å². The molecule has 0 unspecified atom stereocenters. The number of hydrogen-bond donors (Lipinski definition) is 1. The first-order valence-electron chi connectivity index (χ1n) is 8.71. The maximum atomic E-state index is 13.9. The number of carbonyl (C=O) groups is 2. The Labute approximate surface area is 193 Å². The number of hydrogen-bond acceptors (Lipinski definition) is 3. The highest BCUT2D eigenvalue weighted by atomic mass is 19.4. The third-order valence-corrected chi connectivity index (χ3v) is 4.51. The zero-order valence-corrected chi connectivity index (χ0v) is 17.2. The monoisotopic (exact) mass is 579 g/mol. The molecule has 0 spiro atoms. The molecule has 0 saturated heterocycles. The Morgan fingerprint density at radius 2 is 1.05 bits per heavy atom. The van der Waals surface area contributed by atoms with Gasteiger partial charge in [0.15, 0.2) is 0 Å². The van der Waals surface area contributed by atoms with Crippen LogP contribution in [0.25, 0.3) is 0 Å². The lowest BCUT2D eigenvalue weighted by molar-refractivity contribution is -0.443. The molecule has 0 aliphatic rings. The van der Waals surface area contributed by atoms with Crippen LogP contribution in [0.1, 0.15) is 10.4 Å². The fourth-order valence-corrected chi connectivity index (χ4v) is 2.29. The molecule has 212 valence electrons. The van der Waals surface area contributed by atoms with E-state index in [4.69, 9.17) is 0 Å². The Bertz CT molecular complexity index is 1010. The molecule has 1 aromatic rings. The smallest absolute Gasteiger partial charge is 0.393 e. The van der Waals surface area contributed by atoms with Crippen molar-refractivity contribution < 1.29 is 84.6 Å². The first kappa shape index (κ1) is 32.1. The van der Waals surface area contributed by atoms with Gasteiger partial charge in [0.25, 0.3) is 0 Å². The summed E-state index contributed by atoms with van der Waals surface area (Å²) >= 11 is 0. The summed E-state index contributed by atoms with van der Waals surface area (Å²) in [4.78, 5) is 22.7. The van der Waals surface area contributed by atoms with E-state index in [2.05, 4.69) is 4.74 Å². The van der Waals surface area contributed by atoms with Gasteiger partial charge in [-0.1, -0.05) is 0 Å². The van der Waals surface area contributed by atoms with Crippen molar-refractivity contribution in [2.24, 2.45) is 0 Å². The van der Waals surface area contributed by atoms with E-state index in [1.54, 1.807) is 0 Å². The number of rotatable bonds is 10. The molecule has 1 aromatic carbocycles. The molecule has 20 heteroatoms. The van der Waals surface area contributed by atoms with Gasteiger partial charge < -0.3 is 10.1 Å². The predicted molar refractivity (Wildman–Crippen MR) is 87.0 cm³/mol. The number of nitrogens with one attached hydrogen (secondary N) is 1. The third-order valence-electron chi connectivity index (χ3n) is 4.51. The maximum Gasteiger partial charge on any atom is 0.393 e.